The Morgan fingerprint density at radius 2 is 2.33 bits per heavy atom. The van der Waals surface area contributed by atoms with Crippen LogP contribution in [0.5, 0.6) is 0 Å². The van der Waals surface area contributed by atoms with E-state index in [9.17, 15) is 0 Å². The van der Waals surface area contributed by atoms with Crippen LogP contribution in [0.4, 0.5) is 5.82 Å². The van der Waals surface area contributed by atoms with Crippen LogP contribution in [-0.2, 0) is 0 Å². The molecule has 0 saturated heterocycles. The fourth-order valence-corrected chi connectivity index (χ4v) is 1.46. The molecule has 0 aliphatic carbocycles. The highest BCUT2D eigenvalue weighted by Crippen LogP contribution is 2.24. The van der Waals surface area contributed by atoms with E-state index in [2.05, 4.69) is 22.6 Å². The molecule has 0 bridgehead atoms. The maximum absolute atomic E-state index is 8.95. The first kappa shape index (κ1) is 9.21. The predicted molar refractivity (Wildman–Crippen MR) is 57.7 cm³/mol. The molecule has 5 heteroatoms. The van der Waals surface area contributed by atoms with Crippen molar-refractivity contribution in [3.05, 3.63) is 24.7 Å². The van der Waals surface area contributed by atoms with Crippen molar-refractivity contribution in [3.8, 4) is 6.07 Å². The molecule has 0 radical (unpaired) electrons. The standard InChI is InChI=1S/C10H9N5/c1-6(2)15-4-7(3-11)8-9(12)13-5-14-10(8)15/h4-5H,1H2,2H3,(H2,12,13,14). The zero-order valence-corrected chi connectivity index (χ0v) is 8.23. The van der Waals surface area contributed by atoms with Gasteiger partial charge in [-0.2, -0.15) is 5.26 Å². The largest absolute Gasteiger partial charge is 0.383 e. The Kier molecular flexibility index (Phi) is 1.90. The number of nitrogen functional groups attached to an aromatic ring is 1. The van der Waals surface area contributed by atoms with E-state index < -0.39 is 0 Å². The summed E-state index contributed by atoms with van der Waals surface area (Å²) in [6, 6.07) is 2.06. The van der Waals surface area contributed by atoms with Gasteiger partial charge in [0.25, 0.3) is 0 Å². The van der Waals surface area contributed by atoms with Crippen molar-refractivity contribution in [1.29, 1.82) is 5.26 Å². The van der Waals surface area contributed by atoms with Crippen LogP contribution in [0.2, 0.25) is 0 Å². The fourth-order valence-electron chi connectivity index (χ4n) is 1.46. The first-order valence-electron chi connectivity index (χ1n) is 4.32. The van der Waals surface area contributed by atoms with Gasteiger partial charge in [-0.3, -0.25) is 0 Å². The summed E-state index contributed by atoms with van der Waals surface area (Å²) in [5.74, 6) is 0.316. The molecule has 0 unspecified atom stereocenters. The second-order valence-corrected chi connectivity index (χ2v) is 3.22. The van der Waals surface area contributed by atoms with Gasteiger partial charge in [0.15, 0.2) is 5.65 Å². The lowest BCUT2D eigenvalue weighted by molar-refractivity contribution is 1.09. The van der Waals surface area contributed by atoms with Crippen molar-refractivity contribution in [2.45, 2.75) is 6.92 Å². The van der Waals surface area contributed by atoms with Crippen molar-refractivity contribution in [2.75, 3.05) is 5.73 Å². The Balaban J connectivity index is 2.95. The Labute approximate surface area is 86.5 Å². The summed E-state index contributed by atoms with van der Waals surface area (Å²) < 4.78 is 1.73. The number of nitrogens with zero attached hydrogens (tertiary/aromatic N) is 4. The van der Waals surface area contributed by atoms with Crippen LogP contribution < -0.4 is 5.73 Å². The minimum absolute atomic E-state index is 0.316. The molecule has 2 N–H and O–H groups in total. The van der Waals surface area contributed by atoms with Crippen LogP contribution in [-0.4, -0.2) is 14.5 Å². The van der Waals surface area contributed by atoms with Gasteiger partial charge < -0.3 is 10.3 Å². The molecule has 74 valence electrons. The van der Waals surface area contributed by atoms with Crippen LogP contribution >= 0.6 is 0 Å². The third-order valence-corrected chi connectivity index (χ3v) is 2.14. The second kappa shape index (κ2) is 3.10. The zero-order valence-electron chi connectivity index (χ0n) is 8.23. The molecular formula is C10H9N5. The van der Waals surface area contributed by atoms with Crippen molar-refractivity contribution in [3.63, 3.8) is 0 Å². The maximum atomic E-state index is 8.95. The van der Waals surface area contributed by atoms with Gasteiger partial charge in [-0.15, -0.1) is 0 Å². The summed E-state index contributed by atoms with van der Waals surface area (Å²) in [7, 11) is 0. The number of nitriles is 1. The van der Waals surface area contributed by atoms with E-state index >= 15 is 0 Å². The van der Waals surface area contributed by atoms with Gasteiger partial charge in [0, 0.05) is 11.9 Å². The molecule has 0 saturated carbocycles. The van der Waals surface area contributed by atoms with Gasteiger partial charge >= 0.3 is 0 Å². The Hall–Kier alpha value is -2.35. The molecule has 0 spiro atoms. The summed E-state index contributed by atoms with van der Waals surface area (Å²) in [5, 5.41) is 9.54. The molecule has 0 aromatic carbocycles. The van der Waals surface area contributed by atoms with E-state index in [0.29, 0.717) is 22.4 Å². The van der Waals surface area contributed by atoms with E-state index in [-0.39, 0.29) is 0 Å². The molecule has 0 amide bonds. The molecule has 2 aromatic heterocycles. The fraction of sp³-hybridized carbons (Fsp3) is 0.100. The average Bonchev–Trinajstić information content (AvgIpc) is 2.58. The average molecular weight is 199 g/mol. The topological polar surface area (TPSA) is 80.5 Å². The predicted octanol–water partition coefficient (Wildman–Crippen LogP) is 1.38. The third kappa shape index (κ3) is 1.23. The van der Waals surface area contributed by atoms with E-state index in [1.807, 2.05) is 6.92 Å². The highest BCUT2D eigenvalue weighted by atomic mass is 15.1. The minimum Gasteiger partial charge on any atom is -0.383 e. The summed E-state index contributed by atoms with van der Waals surface area (Å²) in [4.78, 5) is 7.95. The lowest BCUT2D eigenvalue weighted by atomic mass is 10.2. The van der Waals surface area contributed by atoms with Gasteiger partial charge in [0.2, 0.25) is 0 Å². The van der Waals surface area contributed by atoms with E-state index in [0.717, 1.165) is 5.70 Å². The number of hydrogen-bond donors (Lipinski definition) is 1. The van der Waals surface area contributed by atoms with Crippen LogP contribution in [0.15, 0.2) is 19.1 Å². The van der Waals surface area contributed by atoms with Crippen LogP contribution in [0.3, 0.4) is 0 Å². The Morgan fingerprint density at radius 3 is 2.93 bits per heavy atom. The lowest BCUT2D eigenvalue weighted by Gasteiger charge is -2.01. The summed E-state index contributed by atoms with van der Waals surface area (Å²) in [6.07, 6.45) is 3.04. The van der Waals surface area contributed by atoms with Gasteiger partial charge in [0.05, 0.1) is 10.9 Å². The number of allylic oxidation sites excluding steroid dienone is 1. The van der Waals surface area contributed by atoms with Crippen LogP contribution in [0.1, 0.15) is 12.5 Å². The number of aromatic nitrogens is 3. The van der Waals surface area contributed by atoms with Crippen molar-refractivity contribution in [1.82, 2.24) is 14.5 Å². The lowest BCUT2D eigenvalue weighted by Crippen LogP contribution is -1.95. The Morgan fingerprint density at radius 1 is 1.60 bits per heavy atom. The molecule has 0 aliphatic heterocycles. The molecular weight excluding hydrogens is 190 g/mol. The SMILES string of the molecule is C=C(C)n1cc(C#N)c2c(N)ncnc21. The number of anilines is 1. The highest BCUT2D eigenvalue weighted by Gasteiger charge is 2.12. The Bertz CT molecular complexity index is 588. The summed E-state index contributed by atoms with van der Waals surface area (Å²) >= 11 is 0. The van der Waals surface area contributed by atoms with E-state index in [1.54, 1.807) is 10.8 Å². The van der Waals surface area contributed by atoms with Crippen LogP contribution in [0.25, 0.3) is 16.7 Å². The van der Waals surface area contributed by atoms with Crippen molar-refractivity contribution < 1.29 is 0 Å². The van der Waals surface area contributed by atoms with Gasteiger partial charge in [-0.05, 0) is 6.92 Å². The number of hydrogen-bond acceptors (Lipinski definition) is 4. The smallest absolute Gasteiger partial charge is 0.151 e. The molecule has 0 aliphatic rings. The van der Waals surface area contributed by atoms with Gasteiger partial charge in [-0.25, -0.2) is 9.97 Å². The molecule has 0 atom stereocenters. The summed E-state index contributed by atoms with van der Waals surface area (Å²) in [6.45, 7) is 5.64. The first-order chi connectivity index (χ1) is 7.15. The zero-order chi connectivity index (χ0) is 11.0. The molecule has 15 heavy (non-hydrogen) atoms. The van der Waals surface area contributed by atoms with E-state index in [1.165, 1.54) is 6.33 Å². The molecule has 0 fully saturated rings. The normalized spacial score (nSPS) is 10.1. The highest BCUT2D eigenvalue weighted by molar-refractivity contribution is 5.93. The second-order valence-electron chi connectivity index (χ2n) is 3.22. The third-order valence-electron chi connectivity index (χ3n) is 2.14. The van der Waals surface area contributed by atoms with Gasteiger partial charge in [-0.1, -0.05) is 6.58 Å². The van der Waals surface area contributed by atoms with E-state index in [4.69, 9.17) is 11.0 Å². The van der Waals surface area contributed by atoms with Gasteiger partial charge in [0.1, 0.15) is 18.2 Å². The molecule has 5 nitrogen and oxygen atoms in total. The maximum Gasteiger partial charge on any atom is 0.151 e. The summed E-state index contributed by atoms with van der Waals surface area (Å²) in [5.41, 5.74) is 7.56. The van der Waals surface area contributed by atoms with Crippen molar-refractivity contribution in [2.24, 2.45) is 0 Å². The first-order valence-corrected chi connectivity index (χ1v) is 4.32. The molecule has 2 rings (SSSR count). The number of fused-ring (bicyclic) bond motifs is 1. The van der Waals surface area contributed by atoms with Crippen molar-refractivity contribution >= 4 is 22.5 Å². The van der Waals surface area contributed by atoms with Crippen LogP contribution in [0, 0.1) is 11.3 Å². The molecule has 2 heterocycles. The minimum atomic E-state index is 0.316. The molecule has 2 aromatic rings. The monoisotopic (exact) mass is 199 g/mol. The number of nitrogens with two attached hydrogens (primary N) is 1. The quantitative estimate of drug-likeness (QED) is 0.752. The number of rotatable bonds is 1.